The third kappa shape index (κ3) is 4.26. The maximum absolute atomic E-state index is 11.4. The second kappa shape index (κ2) is 5.08. The van der Waals surface area contributed by atoms with Gasteiger partial charge in [0, 0.05) is 6.54 Å². The van der Waals surface area contributed by atoms with Crippen molar-refractivity contribution in [3.8, 4) is 0 Å². The van der Waals surface area contributed by atoms with Crippen molar-refractivity contribution in [1.82, 2.24) is 15.5 Å². The van der Waals surface area contributed by atoms with Crippen LogP contribution in [-0.2, 0) is 10.0 Å². The molecule has 1 heterocycles. The largest absolute Gasteiger partial charge is 0.335 e. The van der Waals surface area contributed by atoms with Gasteiger partial charge in [0.1, 0.15) is 0 Å². The summed E-state index contributed by atoms with van der Waals surface area (Å²) in [6, 6.07) is -0.0935. The molecule has 0 fully saturated rings. The van der Waals surface area contributed by atoms with Gasteiger partial charge in [-0.1, -0.05) is 12.1 Å². The highest BCUT2D eigenvalue weighted by Crippen LogP contribution is 2.04. The lowest BCUT2D eigenvalue weighted by atomic mass is 10.7. The van der Waals surface area contributed by atoms with Crippen LogP contribution < -0.4 is 10.0 Å². The quantitative estimate of drug-likeness (QED) is 0.657. The van der Waals surface area contributed by atoms with E-state index in [9.17, 15) is 8.42 Å². The van der Waals surface area contributed by atoms with Crippen LogP contribution in [-0.4, -0.2) is 37.4 Å². The van der Waals surface area contributed by atoms with E-state index in [0.717, 1.165) is 6.54 Å². The van der Waals surface area contributed by atoms with Gasteiger partial charge in [-0.05, 0) is 13.5 Å². The molecule has 0 atom stereocenters. The number of hydrogen-bond donors (Lipinski definition) is 2. The third-order valence-electron chi connectivity index (χ3n) is 1.57. The minimum absolute atomic E-state index is 0.0255. The number of anilines is 1. The van der Waals surface area contributed by atoms with Crippen molar-refractivity contribution in [1.29, 1.82) is 0 Å². The predicted molar refractivity (Wildman–Crippen MR) is 55.0 cm³/mol. The Labute approximate surface area is 88.3 Å². The first-order valence-electron chi connectivity index (χ1n) is 4.55. The fourth-order valence-corrected chi connectivity index (χ4v) is 1.77. The lowest BCUT2D eigenvalue weighted by molar-refractivity contribution is 0.429. The van der Waals surface area contributed by atoms with E-state index in [-0.39, 0.29) is 11.8 Å². The fraction of sp³-hybridized carbons (Fsp3) is 0.714. The number of rotatable bonds is 6. The first-order valence-corrected chi connectivity index (χ1v) is 6.20. The highest BCUT2D eigenvalue weighted by Gasteiger charge is 2.13. The standard InChI is InChI=1S/C7H14N4O3S/c1-3-8-4-5-15(12,13)11-7-9-6(2)10-14-7/h8H,3-5H2,1-2H3,(H,9,10,11). The molecule has 0 radical (unpaired) electrons. The summed E-state index contributed by atoms with van der Waals surface area (Å²) < 4.78 is 29.6. The number of aryl methyl sites for hydroxylation is 1. The Hall–Kier alpha value is -1.15. The molecular weight excluding hydrogens is 220 g/mol. The molecule has 0 unspecified atom stereocenters. The molecule has 7 nitrogen and oxygen atoms in total. The lowest BCUT2D eigenvalue weighted by Gasteiger charge is -2.03. The van der Waals surface area contributed by atoms with E-state index in [1.807, 2.05) is 6.92 Å². The van der Waals surface area contributed by atoms with Crippen molar-refractivity contribution in [2.75, 3.05) is 23.6 Å². The summed E-state index contributed by atoms with van der Waals surface area (Å²) in [7, 11) is -3.40. The molecule has 86 valence electrons. The minimum Gasteiger partial charge on any atom is -0.316 e. The van der Waals surface area contributed by atoms with Gasteiger partial charge >= 0.3 is 6.01 Å². The summed E-state index contributed by atoms with van der Waals surface area (Å²) in [5.41, 5.74) is 0. The zero-order chi connectivity index (χ0) is 11.3. The van der Waals surface area contributed by atoms with Crippen LogP contribution in [0, 0.1) is 6.92 Å². The second-order valence-corrected chi connectivity index (χ2v) is 4.76. The maximum Gasteiger partial charge on any atom is 0.335 e. The van der Waals surface area contributed by atoms with Gasteiger partial charge in [0.15, 0.2) is 5.82 Å². The molecule has 1 aromatic heterocycles. The fourth-order valence-electron chi connectivity index (χ4n) is 0.906. The van der Waals surface area contributed by atoms with Crippen LogP contribution >= 0.6 is 0 Å². The van der Waals surface area contributed by atoms with Crippen molar-refractivity contribution in [3.05, 3.63) is 5.82 Å². The summed E-state index contributed by atoms with van der Waals surface area (Å²) in [6.07, 6.45) is 0. The van der Waals surface area contributed by atoms with Crippen LogP contribution in [0.4, 0.5) is 6.01 Å². The molecule has 2 N–H and O–H groups in total. The van der Waals surface area contributed by atoms with Crippen LogP contribution in [0.3, 0.4) is 0 Å². The molecule has 0 amide bonds. The van der Waals surface area contributed by atoms with Crippen LogP contribution in [0.5, 0.6) is 0 Å². The highest BCUT2D eigenvalue weighted by atomic mass is 32.2. The summed E-state index contributed by atoms with van der Waals surface area (Å²) in [4.78, 5) is 3.74. The zero-order valence-corrected chi connectivity index (χ0v) is 9.47. The predicted octanol–water partition coefficient (Wildman–Crippen LogP) is -0.271. The molecule has 0 bridgehead atoms. The van der Waals surface area contributed by atoms with Gasteiger partial charge in [-0.15, -0.1) is 0 Å². The molecule has 0 saturated heterocycles. The summed E-state index contributed by atoms with van der Waals surface area (Å²) in [5.74, 6) is 0.363. The van der Waals surface area contributed by atoms with Crippen LogP contribution in [0.15, 0.2) is 4.52 Å². The van der Waals surface area contributed by atoms with Crippen molar-refractivity contribution < 1.29 is 12.9 Å². The Morgan fingerprint density at radius 2 is 2.20 bits per heavy atom. The van der Waals surface area contributed by atoms with E-state index >= 15 is 0 Å². The van der Waals surface area contributed by atoms with Gasteiger partial charge in [0.25, 0.3) is 0 Å². The first kappa shape index (κ1) is 11.9. The van der Waals surface area contributed by atoms with Gasteiger partial charge in [-0.3, -0.25) is 0 Å². The Bertz CT molecular complexity index is 400. The van der Waals surface area contributed by atoms with Crippen molar-refractivity contribution in [2.24, 2.45) is 0 Å². The number of nitrogens with one attached hydrogen (secondary N) is 2. The second-order valence-electron chi connectivity index (χ2n) is 2.92. The van der Waals surface area contributed by atoms with E-state index in [1.54, 1.807) is 6.92 Å². The normalized spacial score (nSPS) is 11.6. The maximum atomic E-state index is 11.4. The highest BCUT2D eigenvalue weighted by molar-refractivity contribution is 7.92. The molecule has 0 aromatic carbocycles. The van der Waals surface area contributed by atoms with Gasteiger partial charge < -0.3 is 9.84 Å². The Kier molecular flexibility index (Phi) is 4.04. The Balaban J connectivity index is 2.49. The van der Waals surface area contributed by atoms with Gasteiger partial charge in [-0.25, -0.2) is 13.1 Å². The molecule has 1 rings (SSSR count). The minimum atomic E-state index is -3.40. The number of hydrogen-bond acceptors (Lipinski definition) is 6. The average Bonchev–Trinajstić information content (AvgIpc) is 2.50. The van der Waals surface area contributed by atoms with E-state index < -0.39 is 10.0 Å². The number of aromatic nitrogens is 2. The van der Waals surface area contributed by atoms with E-state index in [4.69, 9.17) is 0 Å². The average molecular weight is 234 g/mol. The van der Waals surface area contributed by atoms with E-state index in [2.05, 4.69) is 24.7 Å². The first-order chi connectivity index (χ1) is 7.03. The Morgan fingerprint density at radius 1 is 1.47 bits per heavy atom. The summed E-state index contributed by atoms with van der Waals surface area (Å²) in [6.45, 7) is 4.63. The van der Waals surface area contributed by atoms with Crippen molar-refractivity contribution >= 4 is 16.0 Å². The van der Waals surface area contributed by atoms with E-state index in [0.29, 0.717) is 12.4 Å². The molecule has 0 aliphatic carbocycles. The monoisotopic (exact) mass is 234 g/mol. The lowest BCUT2D eigenvalue weighted by Crippen LogP contribution is -2.26. The summed E-state index contributed by atoms with van der Waals surface area (Å²) >= 11 is 0. The number of sulfonamides is 1. The van der Waals surface area contributed by atoms with Crippen LogP contribution in [0.1, 0.15) is 12.7 Å². The molecule has 8 heteroatoms. The van der Waals surface area contributed by atoms with Gasteiger partial charge in [0.2, 0.25) is 10.0 Å². The van der Waals surface area contributed by atoms with Crippen LogP contribution in [0.25, 0.3) is 0 Å². The zero-order valence-electron chi connectivity index (χ0n) is 8.65. The molecule has 0 aliphatic rings. The van der Waals surface area contributed by atoms with Crippen molar-refractivity contribution in [2.45, 2.75) is 13.8 Å². The summed E-state index contributed by atoms with van der Waals surface area (Å²) in [5, 5.41) is 6.38. The molecule has 1 aromatic rings. The smallest absolute Gasteiger partial charge is 0.316 e. The van der Waals surface area contributed by atoms with Crippen molar-refractivity contribution in [3.63, 3.8) is 0 Å². The third-order valence-corrected chi connectivity index (χ3v) is 2.80. The van der Waals surface area contributed by atoms with E-state index in [1.165, 1.54) is 0 Å². The van der Waals surface area contributed by atoms with Gasteiger partial charge in [-0.2, -0.15) is 4.98 Å². The molecule has 0 saturated carbocycles. The topological polar surface area (TPSA) is 97.1 Å². The SMILES string of the molecule is CCNCCS(=O)(=O)Nc1nc(C)no1. The molecule has 0 aliphatic heterocycles. The molecule has 0 spiro atoms. The Morgan fingerprint density at radius 3 is 2.73 bits per heavy atom. The molecular formula is C7H14N4O3S. The molecule has 15 heavy (non-hydrogen) atoms. The number of nitrogens with zero attached hydrogens (tertiary/aromatic N) is 2. The van der Waals surface area contributed by atoms with Crippen LogP contribution in [0.2, 0.25) is 0 Å². The van der Waals surface area contributed by atoms with Gasteiger partial charge in [0.05, 0.1) is 5.75 Å².